The van der Waals surface area contributed by atoms with Gasteiger partial charge < -0.3 is 9.47 Å². The summed E-state index contributed by atoms with van der Waals surface area (Å²) in [5.41, 5.74) is 1.75. The number of carbonyl (C=O) groups excluding carboxylic acids is 2. The van der Waals surface area contributed by atoms with Crippen LogP contribution in [0.2, 0.25) is 5.02 Å². The van der Waals surface area contributed by atoms with Gasteiger partial charge in [-0.1, -0.05) is 48.0 Å². The third kappa shape index (κ3) is 5.89. The molecule has 1 heterocycles. The fourth-order valence-corrected chi connectivity index (χ4v) is 5.03. The first-order chi connectivity index (χ1) is 16.9. The smallest absolute Gasteiger partial charge is 0.293 e. The maximum absolute atomic E-state index is 14.0. The molecule has 0 atom stereocenters. The Kier molecular flexibility index (Phi) is 8.15. The molecule has 0 bridgehead atoms. The summed E-state index contributed by atoms with van der Waals surface area (Å²) in [4.78, 5) is 27.0. The minimum atomic E-state index is -0.395. The molecule has 3 aromatic rings. The number of halogens is 3. The molecular formula is C26H20BrClFNO4S. The molecule has 180 valence electrons. The Bertz CT molecular complexity index is 1320. The molecular weight excluding hydrogens is 557 g/mol. The molecule has 1 fully saturated rings. The number of nitrogens with zero attached hydrogens (tertiary/aromatic N) is 1. The van der Waals surface area contributed by atoms with Crippen LogP contribution < -0.4 is 9.47 Å². The number of hydrogen-bond acceptors (Lipinski definition) is 5. The lowest BCUT2D eigenvalue weighted by atomic mass is 10.1. The Morgan fingerprint density at radius 2 is 1.77 bits per heavy atom. The van der Waals surface area contributed by atoms with Crippen LogP contribution in [0.5, 0.6) is 11.5 Å². The van der Waals surface area contributed by atoms with E-state index in [9.17, 15) is 14.0 Å². The fourth-order valence-electron chi connectivity index (χ4n) is 3.42. The second kappa shape index (κ2) is 11.3. The highest BCUT2D eigenvalue weighted by Crippen LogP contribution is 2.40. The second-order valence-corrected chi connectivity index (χ2v) is 9.76. The number of carbonyl (C=O) groups is 2. The van der Waals surface area contributed by atoms with Gasteiger partial charge in [-0.3, -0.25) is 14.5 Å². The van der Waals surface area contributed by atoms with Gasteiger partial charge in [0.2, 0.25) is 0 Å². The number of hydrogen-bond donors (Lipinski definition) is 0. The predicted molar refractivity (Wildman–Crippen MR) is 139 cm³/mol. The number of benzene rings is 3. The molecule has 5 nitrogen and oxygen atoms in total. The maximum atomic E-state index is 14.0. The molecule has 0 radical (unpaired) electrons. The lowest BCUT2D eigenvalue weighted by molar-refractivity contribution is -0.123. The van der Waals surface area contributed by atoms with E-state index < -0.39 is 5.91 Å². The van der Waals surface area contributed by atoms with Crippen LogP contribution in [-0.2, 0) is 17.9 Å². The molecule has 9 heteroatoms. The molecule has 1 aliphatic heterocycles. The van der Waals surface area contributed by atoms with Crippen molar-refractivity contribution in [2.24, 2.45) is 0 Å². The zero-order chi connectivity index (χ0) is 24.9. The molecule has 2 amide bonds. The van der Waals surface area contributed by atoms with Gasteiger partial charge in [0.25, 0.3) is 11.1 Å². The summed E-state index contributed by atoms with van der Waals surface area (Å²) in [6.45, 7) is 2.33. The van der Waals surface area contributed by atoms with Gasteiger partial charge in [-0.25, -0.2) is 4.39 Å². The van der Waals surface area contributed by atoms with Crippen molar-refractivity contribution in [3.05, 3.63) is 97.6 Å². The summed E-state index contributed by atoms with van der Waals surface area (Å²) in [5.74, 6) is 0.0958. The van der Waals surface area contributed by atoms with Crippen LogP contribution in [0.1, 0.15) is 23.6 Å². The predicted octanol–water partition coefficient (Wildman–Crippen LogP) is 7.46. The third-order valence-electron chi connectivity index (χ3n) is 5.12. The lowest BCUT2D eigenvalue weighted by Crippen LogP contribution is -2.27. The van der Waals surface area contributed by atoms with E-state index >= 15 is 0 Å². The van der Waals surface area contributed by atoms with Crippen molar-refractivity contribution < 1.29 is 23.5 Å². The van der Waals surface area contributed by atoms with Gasteiger partial charge in [0, 0.05) is 10.6 Å². The van der Waals surface area contributed by atoms with Crippen molar-refractivity contribution in [3.63, 3.8) is 0 Å². The van der Waals surface area contributed by atoms with Crippen LogP contribution in [0.3, 0.4) is 0 Å². The zero-order valence-electron chi connectivity index (χ0n) is 18.6. The van der Waals surface area contributed by atoms with Crippen molar-refractivity contribution in [1.82, 2.24) is 4.90 Å². The summed E-state index contributed by atoms with van der Waals surface area (Å²) in [6.07, 6.45) is 1.63. The van der Waals surface area contributed by atoms with Gasteiger partial charge in [0.05, 0.1) is 22.5 Å². The van der Waals surface area contributed by atoms with Gasteiger partial charge >= 0.3 is 0 Å². The molecule has 0 aromatic heterocycles. The number of amides is 2. The summed E-state index contributed by atoms with van der Waals surface area (Å²) in [7, 11) is 0. The highest BCUT2D eigenvalue weighted by atomic mass is 79.9. The quantitative estimate of drug-likeness (QED) is 0.261. The average molecular weight is 577 g/mol. The first kappa shape index (κ1) is 25.3. The van der Waals surface area contributed by atoms with Crippen molar-refractivity contribution in [1.29, 1.82) is 0 Å². The highest BCUT2D eigenvalue weighted by molar-refractivity contribution is 9.10. The van der Waals surface area contributed by atoms with Crippen molar-refractivity contribution in [2.45, 2.75) is 20.1 Å². The van der Waals surface area contributed by atoms with Gasteiger partial charge in [-0.15, -0.1) is 0 Å². The summed E-state index contributed by atoms with van der Waals surface area (Å²) < 4.78 is 26.2. The van der Waals surface area contributed by atoms with E-state index in [-0.39, 0.29) is 29.1 Å². The number of ether oxygens (including phenoxy) is 2. The first-order valence-corrected chi connectivity index (χ1v) is 12.7. The molecule has 0 N–H and O–H groups in total. The summed E-state index contributed by atoms with van der Waals surface area (Å²) in [5, 5.41) is 0.127. The van der Waals surface area contributed by atoms with Crippen molar-refractivity contribution in [3.8, 4) is 11.5 Å². The molecule has 35 heavy (non-hydrogen) atoms. The van der Waals surface area contributed by atoms with Crippen LogP contribution in [0.25, 0.3) is 6.08 Å². The minimum Gasteiger partial charge on any atom is -0.490 e. The summed E-state index contributed by atoms with van der Waals surface area (Å²) >= 11 is 10.5. The van der Waals surface area contributed by atoms with Crippen molar-refractivity contribution in [2.75, 3.05) is 6.61 Å². The monoisotopic (exact) mass is 575 g/mol. The second-order valence-electron chi connectivity index (χ2n) is 7.50. The van der Waals surface area contributed by atoms with Crippen LogP contribution in [0.15, 0.2) is 70.0 Å². The standard InChI is InChI=1S/C26H20BrClFNO4S/c1-2-33-22-12-16(11-19(27)24(22)34-15-18-8-4-6-10-21(18)29)13-23-25(31)30(26(32)35-23)14-17-7-3-5-9-20(17)28/h3-13H,2,14-15H2,1H3/b23-13-. The molecule has 1 saturated heterocycles. The Balaban J connectivity index is 1.57. The Morgan fingerprint density at radius 1 is 1.06 bits per heavy atom. The average Bonchev–Trinajstić information content (AvgIpc) is 3.08. The number of imide groups is 1. The van der Waals surface area contributed by atoms with Gasteiger partial charge in [-0.2, -0.15) is 0 Å². The topological polar surface area (TPSA) is 55.8 Å². The molecule has 0 unspecified atom stereocenters. The molecule has 0 spiro atoms. The minimum absolute atomic E-state index is 0.0195. The van der Waals surface area contributed by atoms with Crippen LogP contribution >= 0.6 is 39.3 Å². The largest absolute Gasteiger partial charge is 0.490 e. The number of rotatable bonds is 8. The SMILES string of the molecule is CCOc1cc(/C=C2\SC(=O)N(Cc3ccccc3Cl)C2=O)cc(Br)c1OCc1ccccc1F. The maximum Gasteiger partial charge on any atom is 0.293 e. The highest BCUT2D eigenvalue weighted by Gasteiger charge is 2.35. The summed E-state index contributed by atoms with van der Waals surface area (Å²) in [6, 6.07) is 16.9. The van der Waals surface area contributed by atoms with Crippen LogP contribution in [-0.4, -0.2) is 22.7 Å². The molecule has 3 aromatic carbocycles. The fraction of sp³-hybridized carbons (Fsp3) is 0.154. The normalized spacial score (nSPS) is 14.6. The van der Waals surface area contributed by atoms with E-state index in [0.717, 1.165) is 11.8 Å². The Hall–Kier alpha value is -2.81. The Morgan fingerprint density at radius 3 is 2.49 bits per heavy atom. The number of thioether (sulfide) groups is 1. The first-order valence-electron chi connectivity index (χ1n) is 10.7. The molecule has 0 saturated carbocycles. The van der Waals surface area contributed by atoms with E-state index in [1.807, 2.05) is 6.92 Å². The molecule has 0 aliphatic carbocycles. The Labute approximate surface area is 220 Å². The molecule has 4 rings (SSSR count). The van der Waals surface area contributed by atoms with E-state index in [2.05, 4.69) is 15.9 Å². The van der Waals surface area contributed by atoms with Gasteiger partial charge in [0.1, 0.15) is 12.4 Å². The van der Waals surface area contributed by atoms with Gasteiger partial charge in [-0.05, 0) is 76.1 Å². The zero-order valence-corrected chi connectivity index (χ0v) is 21.8. The van der Waals surface area contributed by atoms with Gasteiger partial charge in [0.15, 0.2) is 11.5 Å². The molecule has 1 aliphatic rings. The van der Waals surface area contributed by atoms with Crippen LogP contribution in [0.4, 0.5) is 9.18 Å². The van der Waals surface area contributed by atoms with E-state index in [1.54, 1.807) is 60.7 Å². The van der Waals surface area contributed by atoms with E-state index in [0.29, 0.717) is 44.3 Å². The van der Waals surface area contributed by atoms with E-state index in [1.165, 1.54) is 11.0 Å². The van der Waals surface area contributed by atoms with E-state index in [4.69, 9.17) is 21.1 Å². The lowest BCUT2D eigenvalue weighted by Gasteiger charge is -2.15. The van der Waals surface area contributed by atoms with Crippen molar-refractivity contribution >= 4 is 56.5 Å². The van der Waals surface area contributed by atoms with Crippen LogP contribution in [0, 0.1) is 5.82 Å². The third-order valence-corrected chi connectivity index (χ3v) is 6.98.